The number of aryl methyl sites for hydroxylation is 2. The fraction of sp³-hybridized carbons (Fsp3) is 0.320. The van der Waals surface area contributed by atoms with Crippen LogP contribution >= 0.6 is 0 Å². The molecule has 0 radical (unpaired) electrons. The lowest BCUT2D eigenvalue weighted by molar-refractivity contribution is 0.0985. The van der Waals surface area contributed by atoms with Gasteiger partial charge in [0.1, 0.15) is 17.2 Å². The number of pyridine rings is 2. The Labute approximate surface area is 186 Å². The van der Waals surface area contributed by atoms with Crippen molar-refractivity contribution >= 4 is 16.9 Å². The smallest absolute Gasteiger partial charge is 0.253 e. The lowest BCUT2D eigenvalue weighted by Crippen LogP contribution is -2.44. The molecule has 4 heterocycles. The average molecular weight is 430 g/mol. The van der Waals surface area contributed by atoms with Gasteiger partial charge in [-0.2, -0.15) is 0 Å². The van der Waals surface area contributed by atoms with Gasteiger partial charge in [0, 0.05) is 43.5 Å². The minimum absolute atomic E-state index is 0.00438. The average Bonchev–Trinajstić information content (AvgIpc) is 3.16. The van der Waals surface area contributed by atoms with Crippen molar-refractivity contribution in [1.82, 2.24) is 19.1 Å². The van der Waals surface area contributed by atoms with Crippen molar-refractivity contribution in [2.24, 2.45) is 7.05 Å². The Morgan fingerprint density at radius 2 is 2.00 bits per heavy atom. The molecule has 1 aliphatic rings. The summed E-state index contributed by atoms with van der Waals surface area (Å²) in [6.07, 6.45) is 3.71. The Hall–Kier alpha value is -3.45. The highest BCUT2D eigenvalue weighted by molar-refractivity contribution is 5.82. The molecule has 1 saturated heterocycles. The van der Waals surface area contributed by atoms with Gasteiger partial charge in [-0.1, -0.05) is 30.3 Å². The van der Waals surface area contributed by atoms with Crippen molar-refractivity contribution in [3.63, 3.8) is 0 Å². The first-order valence-electron chi connectivity index (χ1n) is 10.9. The number of hydrogen-bond donors (Lipinski definition) is 0. The van der Waals surface area contributed by atoms with Gasteiger partial charge in [0.05, 0.1) is 31.0 Å². The Kier molecular flexibility index (Phi) is 5.27. The number of imidazole rings is 1. The van der Waals surface area contributed by atoms with E-state index >= 15 is 0 Å². The van der Waals surface area contributed by atoms with Crippen molar-refractivity contribution in [3.8, 4) is 11.4 Å². The van der Waals surface area contributed by atoms with Gasteiger partial charge in [-0.05, 0) is 25.5 Å². The molecule has 0 amide bonds. The predicted octanol–water partition coefficient (Wildman–Crippen LogP) is 3.38. The molecular weight excluding hydrogens is 402 g/mol. The van der Waals surface area contributed by atoms with Gasteiger partial charge in [-0.25, -0.2) is 9.97 Å². The number of rotatable bonds is 4. The maximum atomic E-state index is 12.3. The van der Waals surface area contributed by atoms with Crippen molar-refractivity contribution in [1.29, 1.82) is 0 Å². The van der Waals surface area contributed by atoms with Crippen LogP contribution in [0.15, 0.2) is 59.7 Å². The summed E-state index contributed by atoms with van der Waals surface area (Å²) < 4.78 is 9.45. The zero-order valence-corrected chi connectivity index (χ0v) is 18.7. The van der Waals surface area contributed by atoms with Crippen LogP contribution in [0.2, 0.25) is 0 Å². The van der Waals surface area contributed by atoms with Gasteiger partial charge in [-0.3, -0.25) is 4.79 Å². The zero-order chi connectivity index (χ0) is 22.2. The zero-order valence-electron chi connectivity index (χ0n) is 18.7. The fourth-order valence-corrected chi connectivity index (χ4v) is 4.39. The lowest BCUT2D eigenvalue weighted by atomic mass is 10.2. The van der Waals surface area contributed by atoms with Gasteiger partial charge in [-0.15, -0.1) is 0 Å². The minimum Gasteiger partial charge on any atom is -0.377 e. The van der Waals surface area contributed by atoms with Gasteiger partial charge in [0.2, 0.25) is 0 Å². The Morgan fingerprint density at radius 3 is 2.75 bits per heavy atom. The summed E-state index contributed by atoms with van der Waals surface area (Å²) in [7, 11) is 1.78. The summed E-state index contributed by atoms with van der Waals surface area (Å²) in [5.41, 5.74) is 4.67. The van der Waals surface area contributed by atoms with Crippen LogP contribution in [0.25, 0.3) is 22.4 Å². The van der Waals surface area contributed by atoms with E-state index in [9.17, 15) is 4.79 Å². The SMILES string of the molecule is Cc1cc(-c2nc3cnc(N4CCOCC4C)cc3n2Cc2ccccc2)cn(C)c1=O. The van der Waals surface area contributed by atoms with Crippen LogP contribution in [0.1, 0.15) is 18.1 Å². The lowest BCUT2D eigenvalue weighted by Gasteiger charge is -2.34. The van der Waals surface area contributed by atoms with E-state index in [0.717, 1.165) is 34.8 Å². The third kappa shape index (κ3) is 3.69. The highest BCUT2D eigenvalue weighted by Gasteiger charge is 2.22. The van der Waals surface area contributed by atoms with E-state index in [-0.39, 0.29) is 11.6 Å². The number of hydrogen-bond acceptors (Lipinski definition) is 5. The minimum atomic E-state index is 0.00438. The van der Waals surface area contributed by atoms with Gasteiger partial charge in [0.15, 0.2) is 0 Å². The first-order valence-corrected chi connectivity index (χ1v) is 10.9. The summed E-state index contributed by atoms with van der Waals surface area (Å²) in [4.78, 5) is 24.2. The van der Waals surface area contributed by atoms with E-state index in [1.165, 1.54) is 5.56 Å². The molecule has 1 aliphatic heterocycles. The molecule has 1 aromatic carbocycles. The highest BCUT2D eigenvalue weighted by Crippen LogP contribution is 2.29. The first kappa shape index (κ1) is 20.5. The summed E-state index contributed by atoms with van der Waals surface area (Å²) >= 11 is 0. The second kappa shape index (κ2) is 8.24. The fourth-order valence-electron chi connectivity index (χ4n) is 4.39. The summed E-state index contributed by atoms with van der Waals surface area (Å²) in [6, 6.07) is 14.7. The molecule has 1 fully saturated rings. The summed E-state index contributed by atoms with van der Waals surface area (Å²) in [5.74, 6) is 1.77. The van der Waals surface area contributed by atoms with E-state index in [0.29, 0.717) is 25.3 Å². The van der Waals surface area contributed by atoms with E-state index < -0.39 is 0 Å². The molecule has 4 aromatic rings. The van der Waals surface area contributed by atoms with Crippen molar-refractivity contribution in [2.75, 3.05) is 24.7 Å². The molecule has 3 aromatic heterocycles. The molecule has 1 unspecified atom stereocenters. The second-order valence-electron chi connectivity index (χ2n) is 8.48. The van der Waals surface area contributed by atoms with E-state index in [1.807, 2.05) is 43.6 Å². The number of aromatic nitrogens is 4. The number of morpholine rings is 1. The number of fused-ring (bicyclic) bond motifs is 1. The normalized spacial score (nSPS) is 16.6. The molecule has 32 heavy (non-hydrogen) atoms. The standard InChI is InChI=1S/C25H27N5O2/c1-17-11-20(15-28(3)25(17)31)24-27-21-13-26-23(29-9-10-32-16-18(29)2)12-22(21)30(24)14-19-7-5-4-6-8-19/h4-8,11-13,15,18H,9-10,14,16H2,1-3H3. The third-order valence-corrected chi connectivity index (χ3v) is 6.09. The first-order chi connectivity index (χ1) is 15.5. The van der Waals surface area contributed by atoms with E-state index in [1.54, 1.807) is 11.6 Å². The molecule has 5 rings (SSSR count). The van der Waals surface area contributed by atoms with Gasteiger partial charge in [0.25, 0.3) is 5.56 Å². The van der Waals surface area contributed by atoms with E-state index in [2.05, 4.69) is 34.6 Å². The molecule has 0 aliphatic carbocycles. The maximum Gasteiger partial charge on any atom is 0.253 e. The highest BCUT2D eigenvalue weighted by atomic mass is 16.5. The maximum absolute atomic E-state index is 12.3. The third-order valence-electron chi connectivity index (χ3n) is 6.09. The molecule has 164 valence electrons. The largest absolute Gasteiger partial charge is 0.377 e. The quantitative estimate of drug-likeness (QED) is 0.498. The molecule has 0 spiro atoms. The second-order valence-corrected chi connectivity index (χ2v) is 8.48. The predicted molar refractivity (Wildman–Crippen MR) is 126 cm³/mol. The summed E-state index contributed by atoms with van der Waals surface area (Å²) in [5, 5.41) is 0. The molecule has 0 saturated carbocycles. The Morgan fingerprint density at radius 1 is 1.19 bits per heavy atom. The number of ether oxygens (including phenoxy) is 1. The van der Waals surface area contributed by atoms with Gasteiger partial charge < -0.3 is 18.8 Å². The van der Waals surface area contributed by atoms with Crippen LogP contribution in [-0.2, 0) is 18.3 Å². The topological polar surface area (TPSA) is 65.2 Å². The van der Waals surface area contributed by atoms with Crippen molar-refractivity contribution < 1.29 is 4.74 Å². The molecule has 0 bridgehead atoms. The van der Waals surface area contributed by atoms with E-state index in [4.69, 9.17) is 14.7 Å². The van der Waals surface area contributed by atoms with Gasteiger partial charge >= 0.3 is 0 Å². The van der Waals surface area contributed by atoms with Crippen LogP contribution in [0.5, 0.6) is 0 Å². The van der Waals surface area contributed by atoms with Crippen LogP contribution in [0.4, 0.5) is 5.82 Å². The number of nitrogens with zero attached hydrogens (tertiary/aromatic N) is 5. The monoisotopic (exact) mass is 429 g/mol. The van der Waals surface area contributed by atoms with Crippen LogP contribution in [0, 0.1) is 6.92 Å². The molecule has 0 N–H and O–H groups in total. The number of benzene rings is 1. The van der Waals surface area contributed by atoms with Crippen LogP contribution in [0.3, 0.4) is 0 Å². The van der Waals surface area contributed by atoms with Crippen molar-refractivity contribution in [2.45, 2.75) is 26.4 Å². The summed E-state index contributed by atoms with van der Waals surface area (Å²) in [6.45, 7) is 6.90. The molecule has 7 nitrogen and oxygen atoms in total. The number of anilines is 1. The van der Waals surface area contributed by atoms with Crippen LogP contribution in [-0.4, -0.2) is 44.9 Å². The Balaban J connectivity index is 1.69. The van der Waals surface area contributed by atoms with Crippen LogP contribution < -0.4 is 10.5 Å². The Bertz CT molecular complexity index is 1300. The molecule has 1 atom stereocenters. The molecule has 7 heteroatoms. The molecular formula is C25H27N5O2. The van der Waals surface area contributed by atoms with Crippen molar-refractivity contribution in [3.05, 3.63) is 76.3 Å².